The first-order chi connectivity index (χ1) is 46.6. The van der Waals surface area contributed by atoms with Crippen LogP contribution in [0.1, 0.15) is 373 Å². The highest BCUT2D eigenvalue weighted by molar-refractivity contribution is 5.70. The third-order valence-electron chi connectivity index (χ3n) is 17.8. The van der Waals surface area contributed by atoms with Gasteiger partial charge in [-0.25, -0.2) is 0 Å². The number of nitrogens with zero attached hydrogens (tertiary/aromatic N) is 1. The van der Waals surface area contributed by atoms with E-state index in [1.165, 1.54) is 263 Å². The van der Waals surface area contributed by atoms with Gasteiger partial charge in [0.2, 0.25) is 0 Å². The summed E-state index contributed by atoms with van der Waals surface area (Å²) in [5.41, 5.74) is 0. The predicted octanol–water partition coefficient (Wildman–Crippen LogP) is 24.6. The number of hydrogen-bond acceptors (Lipinski definition) is 8. The fourth-order valence-electron chi connectivity index (χ4n) is 11.7. The van der Waals surface area contributed by atoms with Gasteiger partial charge in [-0.15, -0.1) is 0 Å². The molecule has 0 fully saturated rings. The first-order valence-electron chi connectivity index (χ1n) is 40.4. The molecule has 0 bridgehead atoms. The van der Waals surface area contributed by atoms with Crippen LogP contribution in [-0.4, -0.2) is 82.3 Å². The number of rotatable bonds is 75. The Labute approximate surface area is 588 Å². The standard InChI is InChI=1S/C86H153NO8/c1-6-8-10-12-14-16-18-20-22-24-26-28-30-32-34-36-38-39-40-41-42-43-44-45-47-49-51-53-55-57-59-61-63-65-67-69-71-73-75-77-84(89)95-82(81-94-86(85(90)91)92-79-78-87(3,4)5)80-93-83(88)76-74-72-70-68-66-64-62-60-58-56-54-52-50-48-46-37-35-33-31-29-27-25-23-21-19-17-15-13-11-9-7-2/h8,10,14,16,20,22,25-28,32,34,38-39,41-42,82,86H,6-7,9,11-13,15,17-19,21,23-24,29-31,33,35-37,40,43-81H2,1-5H3/b10-8-,16-14-,22-20-,27-25-,28-26-,34-32-,39-38-,42-41-. The zero-order chi connectivity index (χ0) is 69.0. The zero-order valence-corrected chi connectivity index (χ0v) is 63.0. The maximum atomic E-state index is 13.0. The molecule has 0 amide bonds. The monoisotopic (exact) mass is 1330 g/mol. The Kier molecular flexibility index (Phi) is 72.9. The fraction of sp³-hybridized carbons (Fsp3) is 0.779. The van der Waals surface area contributed by atoms with E-state index in [1.54, 1.807) is 0 Å². The van der Waals surface area contributed by atoms with E-state index in [-0.39, 0.29) is 32.2 Å². The Morgan fingerprint density at radius 1 is 0.326 bits per heavy atom. The number of quaternary nitrogens is 1. The Bertz CT molecular complexity index is 1890. The number of carboxylic acids is 1. The third-order valence-corrected chi connectivity index (χ3v) is 17.8. The Morgan fingerprint density at radius 2 is 0.600 bits per heavy atom. The second kappa shape index (κ2) is 76.0. The van der Waals surface area contributed by atoms with Crippen molar-refractivity contribution in [2.45, 2.75) is 386 Å². The van der Waals surface area contributed by atoms with E-state index < -0.39 is 24.3 Å². The van der Waals surface area contributed by atoms with E-state index in [0.717, 1.165) is 77.0 Å². The van der Waals surface area contributed by atoms with Crippen molar-refractivity contribution in [3.8, 4) is 0 Å². The van der Waals surface area contributed by atoms with Gasteiger partial charge in [0.1, 0.15) is 13.2 Å². The minimum absolute atomic E-state index is 0.147. The molecule has 0 rings (SSSR count). The van der Waals surface area contributed by atoms with Gasteiger partial charge in [-0.3, -0.25) is 9.59 Å². The van der Waals surface area contributed by atoms with Gasteiger partial charge >= 0.3 is 11.9 Å². The first kappa shape index (κ1) is 91.2. The molecule has 0 aliphatic rings. The highest BCUT2D eigenvalue weighted by atomic mass is 16.7. The maximum Gasteiger partial charge on any atom is 0.306 e. The minimum Gasteiger partial charge on any atom is -0.545 e. The third kappa shape index (κ3) is 77.4. The molecule has 0 saturated heterocycles. The molecule has 0 aliphatic carbocycles. The van der Waals surface area contributed by atoms with Crippen molar-refractivity contribution in [2.24, 2.45) is 0 Å². The van der Waals surface area contributed by atoms with Crippen molar-refractivity contribution in [3.05, 3.63) is 97.2 Å². The lowest BCUT2D eigenvalue weighted by Gasteiger charge is -2.26. The van der Waals surface area contributed by atoms with Gasteiger partial charge < -0.3 is 33.3 Å². The van der Waals surface area contributed by atoms with Crippen LogP contribution in [0.5, 0.6) is 0 Å². The molecular weight excluding hydrogens is 1170 g/mol. The molecule has 0 saturated carbocycles. The van der Waals surface area contributed by atoms with Crippen LogP contribution >= 0.6 is 0 Å². The molecule has 2 atom stereocenters. The van der Waals surface area contributed by atoms with Crippen LogP contribution in [0.2, 0.25) is 0 Å². The molecular formula is C86H153NO8. The van der Waals surface area contributed by atoms with Crippen molar-refractivity contribution in [1.29, 1.82) is 0 Å². The number of ether oxygens (including phenoxy) is 4. The van der Waals surface area contributed by atoms with Crippen molar-refractivity contribution in [3.63, 3.8) is 0 Å². The Hall–Kier alpha value is -3.79. The summed E-state index contributed by atoms with van der Waals surface area (Å²) in [6, 6.07) is 0. The van der Waals surface area contributed by atoms with Crippen LogP contribution in [0, 0.1) is 0 Å². The number of carbonyl (C=O) groups excluding carboxylic acids is 3. The quantitative estimate of drug-likeness (QED) is 0.0195. The molecule has 0 aromatic rings. The van der Waals surface area contributed by atoms with Crippen LogP contribution in [0.4, 0.5) is 0 Å². The van der Waals surface area contributed by atoms with E-state index in [0.29, 0.717) is 23.9 Å². The molecule has 0 N–H and O–H groups in total. The number of hydrogen-bond donors (Lipinski definition) is 0. The lowest BCUT2D eigenvalue weighted by atomic mass is 10.0. The molecule has 0 spiro atoms. The Morgan fingerprint density at radius 3 is 0.905 bits per heavy atom. The topological polar surface area (TPSA) is 111 Å². The fourth-order valence-corrected chi connectivity index (χ4v) is 11.7. The number of esters is 2. The van der Waals surface area contributed by atoms with Crippen molar-refractivity contribution in [2.75, 3.05) is 47.5 Å². The number of carboxylic acid groups (broad SMARTS) is 1. The molecule has 9 nitrogen and oxygen atoms in total. The van der Waals surface area contributed by atoms with Gasteiger partial charge in [-0.05, 0) is 96.3 Å². The van der Waals surface area contributed by atoms with Crippen LogP contribution in [0.3, 0.4) is 0 Å². The molecule has 0 radical (unpaired) electrons. The molecule has 2 unspecified atom stereocenters. The summed E-state index contributed by atoms with van der Waals surface area (Å²) >= 11 is 0. The van der Waals surface area contributed by atoms with E-state index in [2.05, 4.69) is 111 Å². The van der Waals surface area contributed by atoms with Gasteiger partial charge in [-0.1, -0.05) is 361 Å². The zero-order valence-electron chi connectivity index (χ0n) is 63.0. The average Bonchev–Trinajstić information content (AvgIpc) is 2.92. The van der Waals surface area contributed by atoms with Crippen LogP contribution in [-0.2, 0) is 33.3 Å². The summed E-state index contributed by atoms with van der Waals surface area (Å²) in [4.78, 5) is 37.6. The maximum absolute atomic E-state index is 13.0. The molecule has 0 heterocycles. The van der Waals surface area contributed by atoms with Crippen LogP contribution in [0.15, 0.2) is 97.2 Å². The number of likely N-dealkylation sites (N-methyl/N-ethyl adjacent to an activating group) is 1. The largest absolute Gasteiger partial charge is 0.545 e. The highest BCUT2D eigenvalue weighted by Gasteiger charge is 2.22. The van der Waals surface area contributed by atoms with Gasteiger partial charge in [-0.2, -0.15) is 0 Å². The number of aliphatic carboxylic acids is 1. The summed E-state index contributed by atoms with van der Waals surface area (Å²) in [6.07, 6.45) is 102. The second-order valence-corrected chi connectivity index (χ2v) is 28.3. The van der Waals surface area contributed by atoms with Gasteiger partial charge in [0.05, 0.1) is 40.3 Å². The van der Waals surface area contributed by atoms with E-state index >= 15 is 0 Å². The SMILES string of the molecule is CC/C=C\C/C=C\C/C=C\C/C=C\C/C=C\C/C=C\C/C=C\CCCCCCCCCCCCCCCCCCCC(=O)OC(COC(=O)CCCCCCCCCCCCCCCCCCCCC/C=C\CCCCCCCCCC)COC(OCC[N+](C)(C)C)C(=O)[O-]. The molecule has 550 valence electrons. The number of carbonyl (C=O) groups is 3. The lowest BCUT2D eigenvalue weighted by Crippen LogP contribution is -2.44. The predicted molar refractivity (Wildman–Crippen MR) is 407 cm³/mol. The number of unbranched alkanes of at least 4 members (excludes halogenated alkanes) is 44. The summed E-state index contributed by atoms with van der Waals surface area (Å²) in [5.74, 6) is -2.26. The minimum atomic E-state index is -1.62. The van der Waals surface area contributed by atoms with Crippen LogP contribution in [0.25, 0.3) is 0 Å². The first-order valence-corrected chi connectivity index (χ1v) is 40.4. The van der Waals surface area contributed by atoms with E-state index in [4.69, 9.17) is 18.9 Å². The summed E-state index contributed by atoms with van der Waals surface area (Å²) < 4.78 is 22.9. The summed E-state index contributed by atoms with van der Waals surface area (Å²) in [7, 11) is 5.95. The van der Waals surface area contributed by atoms with Crippen LogP contribution < -0.4 is 5.11 Å². The molecule has 0 aromatic carbocycles. The van der Waals surface area contributed by atoms with E-state index in [1.807, 2.05) is 21.1 Å². The Balaban J connectivity index is 4.01. The second-order valence-electron chi connectivity index (χ2n) is 28.3. The molecule has 9 heteroatoms. The van der Waals surface area contributed by atoms with Gasteiger partial charge in [0.15, 0.2) is 12.4 Å². The normalized spacial score (nSPS) is 13.1. The van der Waals surface area contributed by atoms with Crippen molar-refractivity contribution in [1.82, 2.24) is 0 Å². The van der Waals surface area contributed by atoms with Gasteiger partial charge in [0.25, 0.3) is 0 Å². The van der Waals surface area contributed by atoms with Gasteiger partial charge in [0, 0.05) is 12.8 Å². The molecule has 0 aromatic heterocycles. The van der Waals surface area contributed by atoms with Crippen molar-refractivity contribution >= 4 is 17.9 Å². The van der Waals surface area contributed by atoms with Crippen molar-refractivity contribution < 1.29 is 42.9 Å². The molecule has 95 heavy (non-hydrogen) atoms. The summed E-state index contributed by atoms with van der Waals surface area (Å²) in [5, 5.41) is 11.9. The highest BCUT2D eigenvalue weighted by Crippen LogP contribution is 2.19. The number of allylic oxidation sites excluding steroid dienone is 16. The smallest absolute Gasteiger partial charge is 0.306 e. The average molecular weight is 1330 g/mol. The lowest BCUT2D eigenvalue weighted by molar-refractivity contribution is -0.870. The molecule has 0 aliphatic heterocycles. The van der Waals surface area contributed by atoms with E-state index in [9.17, 15) is 19.5 Å². The summed E-state index contributed by atoms with van der Waals surface area (Å²) in [6.45, 7) is 4.69.